The summed E-state index contributed by atoms with van der Waals surface area (Å²) in [4.78, 5) is 7.98. The van der Waals surface area contributed by atoms with Crippen LogP contribution in [0.25, 0.3) is 11.1 Å². The summed E-state index contributed by atoms with van der Waals surface area (Å²) in [5, 5.41) is 9.17. The van der Waals surface area contributed by atoms with Gasteiger partial charge < -0.3 is 0 Å². The van der Waals surface area contributed by atoms with Crippen LogP contribution in [0.15, 0.2) is 36.8 Å². The third-order valence-electron chi connectivity index (χ3n) is 2.23. The molecule has 2 aromatic heterocycles. The van der Waals surface area contributed by atoms with E-state index in [1.165, 1.54) is 0 Å². The highest BCUT2D eigenvalue weighted by atomic mass is 35.5. The van der Waals surface area contributed by atoms with E-state index >= 15 is 0 Å². The molecule has 4 heteroatoms. The molecule has 3 nitrogen and oxygen atoms in total. The van der Waals surface area contributed by atoms with Crippen molar-refractivity contribution in [2.75, 3.05) is 0 Å². The summed E-state index contributed by atoms with van der Waals surface area (Å²) in [6, 6.07) is 7.63. The van der Waals surface area contributed by atoms with Gasteiger partial charge in [-0.15, -0.1) is 0 Å². The van der Waals surface area contributed by atoms with Gasteiger partial charge >= 0.3 is 0 Å². The van der Waals surface area contributed by atoms with E-state index in [1.54, 1.807) is 18.6 Å². The van der Waals surface area contributed by atoms with Gasteiger partial charge in [0.05, 0.1) is 12.5 Å². The molecule has 2 aromatic rings. The highest BCUT2D eigenvalue weighted by Crippen LogP contribution is 2.29. The Morgan fingerprint density at radius 2 is 1.94 bits per heavy atom. The first kappa shape index (κ1) is 10.6. The molecule has 0 atom stereocenters. The van der Waals surface area contributed by atoms with Gasteiger partial charge in [0.2, 0.25) is 0 Å². The normalized spacial score (nSPS) is 9.75. The number of nitriles is 1. The van der Waals surface area contributed by atoms with Gasteiger partial charge in [-0.2, -0.15) is 5.26 Å². The van der Waals surface area contributed by atoms with Crippen LogP contribution in [0.3, 0.4) is 0 Å². The van der Waals surface area contributed by atoms with Crippen molar-refractivity contribution in [3.63, 3.8) is 0 Å². The van der Waals surface area contributed by atoms with Crippen molar-refractivity contribution in [1.29, 1.82) is 5.26 Å². The first-order chi connectivity index (χ1) is 7.83. The van der Waals surface area contributed by atoms with E-state index in [4.69, 9.17) is 16.9 Å². The summed E-state index contributed by atoms with van der Waals surface area (Å²) < 4.78 is 0. The molecule has 16 heavy (non-hydrogen) atoms. The zero-order valence-corrected chi connectivity index (χ0v) is 9.15. The molecular formula is C12H8ClN3. The minimum atomic E-state index is 0.319. The molecule has 0 spiro atoms. The van der Waals surface area contributed by atoms with E-state index in [-0.39, 0.29) is 0 Å². The SMILES string of the molecule is N#CCc1ccnc(Cl)c1-c1ccncc1. The second-order valence-corrected chi connectivity index (χ2v) is 3.56. The Labute approximate surface area is 98.4 Å². The first-order valence-electron chi connectivity index (χ1n) is 4.73. The van der Waals surface area contributed by atoms with Crippen molar-refractivity contribution < 1.29 is 0 Å². The van der Waals surface area contributed by atoms with E-state index in [2.05, 4.69) is 16.0 Å². The summed E-state index contributed by atoms with van der Waals surface area (Å²) >= 11 is 6.06. The highest BCUT2D eigenvalue weighted by molar-refractivity contribution is 6.32. The van der Waals surface area contributed by atoms with Gasteiger partial charge in [0.25, 0.3) is 0 Å². The predicted molar refractivity (Wildman–Crippen MR) is 61.8 cm³/mol. The summed E-state index contributed by atoms with van der Waals surface area (Å²) in [5.41, 5.74) is 2.63. The Bertz CT molecular complexity index is 532. The summed E-state index contributed by atoms with van der Waals surface area (Å²) in [6.07, 6.45) is 5.31. The van der Waals surface area contributed by atoms with Crippen LogP contribution in [-0.4, -0.2) is 9.97 Å². The Kier molecular flexibility index (Phi) is 3.13. The summed E-state index contributed by atoms with van der Waals surface area (Å²) in [6.45, 7) is 0. The van der Waals surface area contributed by atoms with E-state index in [9.17, 15) is 0 Å². The first-order valence-corrected chi connectivity index (χ1v) is 5.11. The molecule has 0 aliphatic heterocycles. The van der Waals surface area contributed by atoms with Gasteiger partial charge in [-0.25, -0.2) is 4.98 Å². The third-order valence-corrected chi connectivity index (χ3v) is 2.52. The quantitative estimate of drug-likeness (QED) is 0.744. The van der Waals surface area contributed by atoms with Crippen molar-refractivity contribution in [2.24, 2.45) is 0 Å². The molecular weight excluding hydrogens is 222 g/mol. The van der Waals surface area contributed by atoms with Crippen LogP contribution in [-0.2, 0) is 6.42 Å². The molecule has 0 saturated heterocycles. The second kappa shape index (κ2) is 4.73. The Morgan fingerprint density at radius 1 is 1.19 bits per heavy atom. The zero-order valence-electron chi connectivity index (χ0n) is 8.39. The molecule has 0 aromatic carbocycles. The van der Waals surface area contributed by atoms with Gasteiger partial charge in [-0.3, -0.25) is 4.98 Å². The smallest absolute Gasteiger partial charge is 0.137 e. The molecule has 0 saturated carbocycles. The Balaban J connectivity index is 2.60. The number of hydrogen-bond donors (Lipinski definition) is 0. The lowest BCUT2D eigenvalue weighted by Crippen LogP contribution is -1.92. The lowest BCUT2D eigenvalue weighted by atomic mass is 10.0. The molecule has 0 aliphatic rings. The number of pyridine rings is 2. The number of nitrogens with zero attached hydrogens (tertiary/aromatic N) is 3. The van der Waals surface area contributed by atoms with Crippen LogP contribution in [0.5, 0.6) is 0 Å². The number of hydrogen-bond acceptors (Lipinski definition) is 3. The topological polar surface area (TPSA) is 49.6 Å². The van der Waals surface area contributed by atoms with E-state index in [0.29, 0.717) is 11.6 Å². The van der Waals surface area contributed by atoms with Crippen LogP contribution in [0.2, 0.25) is 5.15 Å². The largest absolute Gasteiger partial charge is 0.265 e. The number of rotatable bonds is 2. The second-order valence-electron chi connectivity index (χ2n) is 3.21. The fourth-order valence-corrected chi connectivity index (χ4v) is 1.82. The Morgan fingerprint density at radius 3 is 2.62 bits per heavy atom. The average molecular weight is 230 g/mol. The standard InChI is InChI=1S/C12H8ClN3/c13-12-11(10-2-6-15-7-3-10)9(1-5-14)4-8-16-12/h2-4,6-8H,1H2. The highest BCUT2D eigenvalue weighted by Gasteiger charge is 2.09. The third kappa shape index (κ3) is 2.02. The fraction of sp³-hybridized carbons (Fsp3) is 0.0833. The maximum atomic E-state index is 8.76. The Hall–Kier alpha value is -1.92. The molecule has 0 N–H and O–H groups in total. The molecule has 0 unspecified atom stereocenters. The van der Waals surface area contributed by atoms with E-state index in [0.717, 1.165) is 16.7 Å². The molecule has 0 bridgehead atoms. The maximum absolute atomic E-state index is 8.76. The van der Waals surface area contributed by atoms with E-state index < -0.39 is 0 Å². The molecule has 2 rings (SSSR count). The predicted octanol–water partition coefficient (Wildman–Crippen LogP) is 2.86. The zero-order chi connectivity index (χ0) is 11.4. The number of aromatic nitrogens is 2. The van der Waals surface area contributed by atoms with Gasteiger partial charge in [0, 0.05) is 24.2 Å². The molecule has 0 aliphatic carbocycles. The minimum Gasteiger partial charge on any atom is -0.265 e. The molecule has 78 valence electrons. The molecule has 0 fully saturated rings. The maximum Gasteiger partial charge on any atom is 0.137 e. The van der Waals surface area contributed by atoms with Crippen molar-refractivity contribution in [3.05, 3.63) is 47.5 Å². The van der Waals surface area contributed by atoms with Crippen LogP contribution in [0.1, 0.15) is 5.56 Å². The lowest BCUT2D eigenvalue weighted by molar-refractivity contribution is 1.21. The average Bonchev–Trinajstić information content (AvgIpc) is 2.31. The molecule has 0 radical (unpaired) electrons. The van der Waals surface area contributed by atoms with Gasteiger partial charge in [-0.1, -0.05) is 11.6 Å². The van der Waals surface area contributed by atoms with Crippen molar-refractivity contribution in [3.8, 4) is 17.2 Å². The molecule has 2 heterocycles. The van der Waals surface area contributed by atoms with Crippen LogP contribution in [0, 0.1) is 11.3 Å². The van der Waals surface area contributed by atoms with Crippen molar-refractivity contribution in [1.82, 2.24) is 9.97 Å². The molecule has 0 amide bonds. The lowest BCUT2D eigenvalue weighted by Gasteiger charge is -2.07. The van der Waals surface area contributed by atoms with Crippen molar-refractivity contribution >= 4 is 11.6 Å². The summed E-state index contributed by atoms with van der Waals surface area (Å²) in [5.74, 6) is 0. The van der Waals surface area contributed by atoms with Crippen LogP contribution < -0.4 is 0 Å². The number of halogens is 1. The fourth-order valence-electron chi connectivity index (χ4n) is 1.53. The monoisotopic (exact) mass is 229 g/mol. The van der Waals surface area contributed by atoms with Crippen LogP contribution in [0.4, 0.5) is 0 Å². The van der Waals surface area contributed by atoms with Crippen LogP contribution >= 0.6 is 11.6 Å². The minimum absolute atomic E-state index is 0.319. The summed E-state index contributed by atoms with van der Waals surface area (Å²) in [7, 11) is 0. The van der Waals surface area contributed by atoms with Crippen molar-refractivity contribution in [2.45, 2.75) is 6.42 Å². The van der Waals surface area contributed by atoms with Gasteiger partial charge in [-0.05, 0) is 29.3 Å². The van der Waals surface area contributed by atoms with E-state index in [1.807, 2.05) is 18.2 Å². The van der Waals surface area contributed by atoms with Gasteiger partial charge in [0.15, 0.2) is 0 Å². The van der Waals surface area contributed by atoms with Gasteiger partial charge in [0.1, 0.15) is 5.15 Å².